The normalized spacial score (nSPS) is 20.5. The summed E-state index contributed by atoms with van der Waals surface area (Å²) in [5, 5.41) is 8.73. The molecule has 0 saturated carbocycles. The van der Waals surface area contributed by atoms with E-state index in [9.17, 15) is 0 Å². The van der Waals surface area contributed by atoms with E-state index >= 15 is 0 Å². The molecule has 0 bridgehead atoms. The predicted molar refractivity (Wildman–Crippen MR) is 69.8 cm³/mol. The maximum atomic E-state index is 8.73. The van der Waals surface area contributed by atoms with Gasteiger partial charge in [0.25, 0.3) is 0 Å². The molecule has 2 rings (SSSR count). The van der Waals surface area contributed by atoms with E-state index in [0.717, 1.165) is 19.4 Å². The molecule has 1 aromatic carbocycles. The molecule has 0 spiro atoms. The highest BCUT2D eigenvalue weighted by atomic mass is 15.2. The number of hydrogen-bond donors (Lipinski definition) is 1. The number of aryl methyl sites for hydroxylation is 1. The first-order valence-electron chi connectivity index (χ1n) is 6.22. The van der Waals surface area contributed by atoms with E-state index in [0.29, 0.717) is 6.04 Å². The van der Waals surface area contributed by atoms with Crippen LogP contribution in [0.3, 0.4) is 0 Å². The number of para-hydroxylation sites is 1. The Kier molecular flexibility index (Phi) is 3.65. The maximum Gasteiger partial charge on any atom is 0.0944 e. The van der Waals surface area contributed by atoms with Crippen molar-refractivity contribution in [3.05, 3.63) is 29.8 Å². The van der Waals surface area contributed by atoms with Crippen LogP contribution in [0.4, 0.5) is 5.69 Å². The van der Waals surface area contributed by atoms with Crippen LogP contribution >= 0.6 is 0 Å². The summed E-state index contributed by atoms with van der Waals surface area (Å²) in [7, 11) is 0. The Morgan fingerprint density at radius 3 is 3.06 bits per heavy atom. The van der Waals surface area contributed by atoms with Crippen LogP contribution in [0.15, 0.2) is 24.3 Å². The van der Waals surface area contributed by atoms with Crippen LogP contribution in [0.5, 0.6) is 0 Å². The number of rotatable bonds is 3. The average Bonchev–Trinajstić information content (AvgIpc) is 2.37. The van der Waals surface area contributed by atoms with Crippen LogP contribution in [0.25, 0.3) is 0 Å². The molecule has 2 N–H and O–H groups in total. The smallest absolute Gasteiger partial charge is 0.0944 e. The van der Waals surface area contributed by atoms with Gasteiger partial charge in [-0.05, 0) is 37.8 Å². The second-order valence-corrected chi connectivity index (χ2v) is 4.73. The number of anilines is 1. The summed E-state index contributed by atoms with van der Waals surface area (Å²) in [6.07, 6.45) is 3.06. The van der Waals surface area contributed by atoms with Crippen LogP contribution in [0, 0.1) is 11.3 Å². The molecule has 2 unspecified atom stereocenters. The molecule has 0 fully saturated rings. The summed E-state index contributed by atoms with van der Waals surface area (Å²) < 4.78 is 0. The lowest BCUT2D eigenvalue weighted by Gasteiger charge is -2.37. The van der Waals surface area contributed by atoms with Gasteiger partial charge in [0.05, 0.1) is 12.1 Å². The van der Waals surface area contributed by atoms with Gasteiger partial charge in [0.15, 0.2) is 0 Å². The second kappa shape index (κ2) is 5.20. The standard InChI is InChI=1S/C14H19N3/c1-11-6-7-12-4-2-3-5-14(12)17(11)9-8-13(16)10-15/h2-5,11,13H,6-9,16H2,1H3. The van der Waals surface area contributed by atoms with E-state index in [2.05, 4.69) is 42.2 Å². The first-order valence-corrected chi connectivity index (χ1v) is 6.22. The molecule has 3 nitrogen and oxygen atoms in total. The number of hydrogen-bond acceptors (Lipinski definition) is 3. The Bertz CT molecular complexity index is 422. The van der Waals surface area contributed by atoms with Crippen molar-refractivity contribution < 1.29 is 0 Å². The Morgan fingerprint density at radius 1 is 1.53 bits per heavy atom. The fourth-order valence-electron chi connectivity index (χ4n) is 2.44. The van der Waals surface area contributed by atoms with Crippen molar-refractivity contribution in [2.45, 2.75) is 38.3 Å². The number of nitriles is 1. The highest BCUT2D eigenvalue weighted by Crippen LogP contribution is 2.30. The molecule has 17 heavy (non-hydrogen) atoms. The predicted octanol–water partition coefficient (Wildman–Crippen LogP) is 2.07. The minimum Gasteiger partial charge on any atom is -0.368 e. The third-order valence-electron chi connectivity index (χ3n) is 3.51. The van der Waals surface area contributed by atoms with Crippen molar-refractivity contribution >= 4 is 5.69 Å². The Morgan fingerprint density at radius 2 is 2.29 bits per heavy atom. The van der Waals surface area contributed by atoms with Crippen LogP contribution in [0.1, 0.15) is 25.3 Å². The first-order chi connectivity index (χ1) is 8.22. The molecular weight excluding hydrogens is 210 g/mol. The zero-order valence-electron chi connectivity index (χ0n) is 10.3. The fraction of sp³-hybridized carbons (Fsp3) is 0.500. The van der Waals surface area contributed by atoms with E-state index < -0.39 is 0 Å². The summed E-state index contributed by atoms with van der Waals surface area (Å²) in [4.78, 5) is 2.38. The average molecular weight is 229 g/mol. The Hall–Kier alpha value is -1.53. The molecule has 0 saturated heterocycles. The largest absolute Gasteiger partial charge is 0.368 e. The molecular formula is C14H19N3. The van der Waals surface area contributed by atoms with Crippen LogP contribution in [0.2, 0.25) is 0 Å². The number of nitrogens with zero attached hydrogens (tertiary/aromatic N) is 2. The van der Waals surface area contributed by atoms with Crippen molar-refractivity contribution in [3.63, 3.8) is 0 Å². The van der Waals surface area contributed by atoms with E-state index in [4.69, 9.17) is 11.0 Å². The molecule has 0 radical (unpaired) electrons. The Labute approximate surface area is 103 Å². The van der Waals surface area contributed by atoms with Crippen molar-refractivity contribution in [2.75, 3.05) is 11.4 Å². The highest BCUT2D eigenvalue weighted by molar-refractivity contribution is 5.56. The van der Waals surface area contributed by atoms with E-state index in [1.807, 2.05) is 0 Å². The Balaban J connectivity index is 2.13. The van der Waals surface area contributed by atoms with E-state index in [1.54, 1.807) is 0 Å². The molecule has 1 aliphatic rings. The number of nitrogens with two attached hydrogens (primary N) is 1. The number of fused-ring (bicyclic) bond motifs is 1. The molecule has 0 amide bonds. The molecule has 0 aromatic heterocycles. The van der Waals surface area contributed by atoms with Crippen LogP contribution in [-0.2, 0) is 6.42 Å². The molecule has 0 aliphatic carbocycles. The summed E-state index contributed by atoms with van der Waals surface area (Å²) in [6.45, 7) is 3.11. The van der Waals surface area contributed by atoms with Gasteiger partial charge in [-0.25, -0.2) is 0 Å². The molecule has 3 heteroatoms. The zero-order valence-corrected chi connectivity index (χ0v) is 10.3. The number of benzene rings is 1. The van der Waals surface area contributed by atoms with Gasteiger partial charge in [-0.15, -0.1) is 0 Å². The third-order valence-corrected chi connectivity index (χ3v) is 3.51. The SMILES string of the molecule is CC1CCc2ccccc2N1CCC(N)C#N. The lowest BCUT2D eigenvalue weighted by molar-refractivity contribution is 0.543. The van der Waals surface area contributed by atoms with Crippen molar-refractivity contribution in [3.8, 4) is 6.07 Å². The van der Waals surface area contributed by atoms with Crippen molar-refractivity contribution in [1.82, 2.24) is 0 Å². The lowest BCUT2D eigenvalue weighted by Crippen LogP contribution is -2.39. The van der Waals surface area contributed by atoms with Gasteiger partial charge in [-0.1, -0.05) is 18.2 Å². The molecule has 90 valence electrons. The first kappa shape index (κ1) is 11.9. The molecule has 1 aromatic rings. The van der Waals surface area contributed by atoms with Gasteiger partial charge in [-0.2, -0.15) is 5.26 Å². The topological polar surface area (TPSA) is 53.0 Å². The summed E-state index contributed by atoms with van der Waals surface area (Å²) in [5.74, 6) is 0. The van der Waals surface area contributed by atoms with Gasteiger partial charge in [-0.3, -0.25) is 0 Å². The van der Waals surface area contributed by atoms with Gasteiger partial charge in [0.2, 0.25) is 0 Å². The van der Waals surface area contributed by atoms with Gasteiger partial charge >= 0.3 is 0 Å². The van der Waals surface area contributed by atoms with Gasteiger partial charge in [0, 0.05) is 18.3 Å². The third kappa shape index (κ3) is 2.59. The minimum absolute atomic E-state index is 0.351. The summed E-state index contributed by atoms with van der Waals surface area (Å²) in [6, 6.07) is 10.8. The highest BCUT2D eigenvalue weighted by Gasteiger charge is 2.22. The molecule has 1 aliphatic heterocycles. The van der Waals surface area contributed by atoms with Crippen LogP contribution < -0.4 is 10.6 Å². The lowest BCUT2D eigenvalue weighted by atomic mass is 9.96. The van der Waals surface area contributed by atoms with E-state index in [-0.39, 0.29) is 6.04 Å². The molecule has 2 atom stereocenters. The zero-order chi connectivity index (χ0) is 12.3. The van der Waals surface area contributed by atoms with E-state index in [1.165, 1.54) is 17.7 Å². The monoisotopic (exact) mass is 229 g/mol. The summed E-state index contributed by atoms with van der Waals surface area (Å²) >= 11 is 0. The fourth-order valence-corrected chi connectivity index (χ4v) is 2.44. The summed E-state index contributed by atoms with van der Waals surface area (Å²) in [5.41, 5.74) is 8.40. The van der Waals surface area contributed by atoms with Crippen LogP contribution in [-0.4, -0.2) is 18.6 Å². The molecule has 1 heterocycles. The van der Waals surface area contributed by atoms with Crippen molar-refractivity contribution in [1.29, 1.82) is 5.26 Å². The van der Waals surface area contributed by atoms with Gasteiger partial charge < -0.3 is 10.6 Å². The van der Waals surface area contributed by atoms with Crippen molar-refractivity contribution in [2.24, 2.45) is 5.73 Å². The second-order valence-electron chi connectivity index (χ2n) is 4.73. The van der Waals surface area contributed by atoms with Gasteiger partial charge in [0.1, 0.15) is 0 Å². The minimum atomic E-state index is -0.351. The maximum absolute atomic E-state index is 8.73. The quantitative estimate of drug-likeness (QED) is 0.863.